The monoisotopic (exact) mass is 349 g/mol. The van der Waals surface area contributed by atoms with Gasteiger partial charge < -0.3 is 0 Å². The molecule has 1 heterocycles. The lowest BCUT2D eigenvalue weighted by Gasteiger charge is -1.99. The summed E-state index contributed by atoms with van der Waals surface area (Å²) in [5, 5.41) is 19.1. The zero-order valence-electron chi connectivity index (χ0n) is 13.9. The molecule has 0 bridgehead atoms. The summed E-state index contributed by atoms with van der Waals surface area (Å²) in [6, 6.07) is 15.1. The molecule has 8 heteroatoms. The molecule has 1 aromatic heterocycles. The summed E-state index contributed by atoms with van der Waals surface area (Å²) in [5.74, 6) is -0.530. The number of nitro benzene ring substituents is 1. The van der Waals surface area contributed by atoms with Crippen molar-refractivity contribution in [1.82, 2.24) is 15.2 Å². The number of nitro groups is 1. The van der Waals surface area contributed by atoms with Gasteiger partial charge in [-0.3, -0.25) is 14.9 Å². The lowest BCUT2D eigenvalue weighted by Crippen LogP contribution is -2.17. The Bertz CT molecular complexity index is 980. The fourth-order valence-electron chi connectivity index (χ4n) is 2.30. The number of hydrazone groups is 1. The molecular formula is C18H15N5O3. The van der Waals surface area contributed by atoms with Crippen molar-refractivity contribution >= 4 is 17.8 Å². The van der Waals surface area contributed by atoms with Crippen molar-refractivity contribution in [3.8, 4) is 5.69 Å². The van der Waals surface area contributed by atoms with E-state index in [4.69, 9.17) is 0 Å². The number of hydrogen-bond donors (Lipinski definition) is 1. The molecule has 8 nitrogen and oxygen atoms in total. The fourth-order valence-corrected chi connectivity index (χ4v) is 2.30. The van der Waals surface area contributed by atoms with Crippen molar-refractivity contribution in [2.24, 2.45) is 5.10 Å². The van der Waals surface area contributed by atoms with Gasteiger partial charge in [-0.2, -0.15) is 10.2 Å². The Morgan fingerprint density at radius 3 is 2.73 bits per heavy atom. The van der Waals surface area contributed by atoms with E-state index in [9.17, 15) is 14.9 Å². The van der Waals surface area contributed by atoms with E-state index in [1.165, 1.54) is 30.5 Å². The Kier molecular flexibility index (Phi) is 4.84. The number of hydrogen-bond acceptors (Lipinski definition) is 5. The topological polar surface area (TPSA) is 102 Å². The first kappa shape index (κ1) is 17.0. The van der Waals surface area contributed by atoms with Gasteiger partial charge in [0.15, 0.2) is 0 Å². The lowest BCUT2D eigenvalue weighted by atomic mass is 10.2. The molecule has 0 saturated carbocycles. The van der Waals surface area contributed by atoms with Crippen LogP contribution in [0.25, 0.3) is 5.69 Å². The van der Waals surface area contributed by atoms with Crippen LogP contribution in [0.5, 0.6) is 0 Å². The number of rotatable bonds is 5. The molecule has 3 aromatic rings. The maximum atomic E-state index is 12.1. The number of carbonyl (C=O) groups is 1. The quantitative estimate of drug-likeness (QED) is 0.434. The first-order valence-electron chi connectivity index (χ1n) is 7.74. The van der Waals surface area contributed by atoms with Gasteiger partial charge in [0, 0.05) is 29.5 Å². The number of benzene rings is 2. The third-order valence-electron chi connectivity index (χ3n) is 3.65. The molecular weight excluding hydrogens is 334 g/mol. The Labute approximate surface area is 148 Å². The maximum Gasteiger partial charge on any atom is 0.271 e. The van der Waals surface area contributed by atoms with Crippen molar-refractivity contribution in [1.29, 1.82) is 0 Å². The number of non-ortho nitro benzene ring substituents is 1. The second-order valence-electron chi connectivity index (χ2n) is 5.46. The van der Waals surface area contributed by atoms with Gasteiger partial charge in [-0.25, -0.2) is 10.1 Å². The fraction of sp³-hybridized carbons (Fsp3) is 0.0556. The van der Waals surface area contributed by atoms with Crippen LogP contribution in [0, 0.1) is 17.0 Å². The molecule has 0 radical (unpaired) electrons. The lowest BCUT2D eigenvalue weighted by molar-refractivity contribution is -0.384. The van der Waals surface area contributed by atoms with E-state index < -0.39 is 10.8 Å². The third-order valence-corrected chi connectivity index (χ3v) is 3.65. The highest BCUT2D eigenvalue weighted by molar-refractivity contribution is 5.95. The summed E-state index contributed by atoms with van der Waals surface area (Å²) in [6.07, 6.45) is 3.28. The smallest absolute Gasteiger partial charge is 0.267 e. The van der Waals surface area contributed by atoms with E-state index in [2.05, 4.69) is 15.6 Å². The Balaban J connectivity index is 1.71. The highest BCUT2D eigenvalue weighted by atomic mass is 16.6. The molecule has 26 heavy (non-hydrogen) atoms. The van der Waals surface area contributed by atoms with Gasteiger partial charge >= 0.3 is 0 Å². The molecule has 0 atom stereocenters. The molecule has 0 aliphatic rings. The van der Waals surface area contributed by atoms with Crippen LogP contribution in [0.3, 0.4) is 0 Å². The first-order chi connectivity index (χ1) is 12.5. The molecule has 3 rings (SSSR count). The SMILES string of the molecule is Cc1nn(-c2ccccc2)cc1/C=N/NC(=O)c1cccc([N+](=O)[O-])c1. The van der Waals surface area contributed by atoms with E-state index in [1.807, 2.05) is 37.3 Å². The first-order valence-corrected chi connectivity index (χ1v) is 7.74. The summed E-state index contributed by atoms with van der Waals surface area (Å²) in [5.41, 5.74) is 4.78. The maximum absolute atomic E-state index is 12.1. The molecule has 0 unspecified atom stereocenters. The molecule has 2 aromatic carbocycles. The standard InChI is InChI=1S/C18H15N5O3/c1-13-15(12-22(21-13)16-7-3-2-4-8-16)11-19-20-18(24)14-6-5-9-17(10-14)23(25)26/h2-12H,1H3,(H,20,24)/b19-11+. The van der Waals surface area contributed by atoms with Crippen LogP contribution in [0.2, 0.25) is 0 Å². The molecule has 0 aliphatic carbocycles. The van der Waals surface area contributed by atoms with Gasteiger partial charge in [-0.1, -0.05) is 24.3 Å². The van der Waals surface area contributed by atoms with Crippen LogP contribution in [0.1, 0.15) is 21.6 Å². The van der Waals surface area contributed by atoms with Gasteiger partial charge in [0.25, 0.3) is 11.6 Å². The number of amides is 1. The summed E-state index contributed by atoms with van der Waals surface area (Å²) in [6.45, 7) is 1.84. The van der Waals surface area contributed by atoms with Crippen molar-refractivity contribution in [2.75, 3.05) is 0 Å². The molecule has 0 aliphatic heterocycles. The number of nitrogens with zero attached hydrogens (tertiary/aromatic N) is 4. The number of carbonyl (C=O) groups excluding carboxylic acids is 1. The van der Waals surface area contributed by atoms with Crippen molar-refractivity contribution in [3.05, 3.63) is 87.7 Å². The molecule has 1 amide bonds. The van der Waals surface area contributed by atoms with Crippen molar-refractivity contribution in [3.63, 3.8) is 0 Å². The van der Waals surface area contributed by atoms with E-state index in [0.717, 1.165) is 16.9 Å². The normalized spacial score (nSPS) is 10.8. The number of nitrogens with one attached hydrogen (secondary N) is 1. The van der Waals surface area contributed by atoms with E-state index in [0.29, 0.717) is 0 Å². The molecule has 0 spiro atoms. The molecule has 1 N–H and O–H groups in total. The van der Waals surface area contributed by atoms with Gasteiger partial charge in [-0.15, -0.1) is 0 Å². The van der Waals surface area contributed by atoms with E-state index in [-0.39, 0.29) is 11.3 Å². The van der Waals surface area contributed by atoms with Crippen LogP contribution in [0.15, 0.2) is 65.9 Å². The van der Waals surface area contributed by atoms with E-state index in [1.54, 1.807) is 10.9 Å². The van der Waals surface area contributed by atoms with Gasteiger partial charge in [0.2, 0.25) is 0 Å². The van der Waals surface area contributed by atoms with Crippen LogP contribution in [0.4, 0.5) is 5.69 Å². The van der Waals surface area contributed by atoms with Crippen molar-refractivity contribution < 1.29 is 9.72 Å². The van der Waals surface area contributed by atoms with E-state index >= 15 is 0 Å². The number of aryl methyl sites for hydroxylation is 1. The molecule has 0 fully saturated rings. The minimum Gasteiger partial charge on any atom is -0.267 e. The van der Waals surface area contributed by atoms with Crippen LogP contribution >= 0.6 is 0 Å². The molecule has 0 saturated heterocycles. The number of aromatic nitrogens is 2. The third kappa shape index (κ3) is 3.81. The summed E-state index contributed by atoms with van der Waals surface area (Å²) >= 11 is 0. The largest absolute Gasteiger partial charge is 0.271 e. The minimum absolute atomic E-state index is 0.151. The Morgan fingerprint density at radius 1 is 1.23 bits per heavy atom. The zero-order chi connectivity index (χ0) is 18.5. The predicted octanol–water partition coefficient (Wildman–Crippen LogP) is 2.85. The summed E-state index contributed by atoms with van der Waals surface area (Å²) in [4.78, 5) is 22.3. The highest BCUT2D eigenvalue weighted by Gasteiger charge is 2.11. The van der Waals surface area contributed by atoms with Gasteiger partial charge in [0.05, 0.1) is 22.5 Å². The molecule has 130 valence electrons. The second-order valence-corrected chi connectivity index (χ2v) is 5.46. The Hall–Kier alpha value is -3.81. The van der Waals surface area contributed by atoms with Gasteiger partial charge in [-0.05, 0) is 25.1 Å². The van der Waals surface area contributed by atoms with Crippen LogP contribution in [-0.4, -0.2) is 26.8 Å². The van der Waals surface area contributed by atoms with Crippen LogP contribution in [-0.2, 0) is 0 Å². The average molecular weight is 349 g/mol. The highest BCUT2D eigenvalue weighted by Crippen LogP contribution is 2.13. The zero-order valence-corrected chi connectivity index (χ0v) is 13.9. The minimum atomic E-state index is -0.554. The summed E-state index contributed by atoms with van der Waals surface area (Å²) < 4.78 is 1.72. The Morgan fingerprint density at radius 2 is 2.00 bits per heavy atom. The van der Waals surface area contributed by atoms with Gasteiger partial charge in [0.1, 0.15) is 0 Å². The van der Waals surface area contributed by atoms with Crippen molar-refractivity contribution in [2.45, 2.75) is 6.92 Å². The van der Waals surface area contributed by atoms with Crippen LogP contribution < -0.4 is 5.43 Å². The second kappa shape index (κ2) is 7.39. The summed E-state index contributed by atoms with van der Waals surface area (Å²) in [7, 11) is 0. The predicted molar refractivity (Wildman–Crippen MR) is 96.5 cm³/mol. The number of para-hydroxylation sites is 1. The average Bonchev–Trinajstić information content (AvgIpc) is 3.03.